The molecule has 1 amide bonds. The Balaban J connectivity index is 1.64. The van der Waals surface area contributed by atoms with Crippen LogP contribution in [0, 0.1) is 10.1 Å². The first-order chi connectivity index (χ1) is 11.5. The van der Waals surface area contributed by atoms with E-state index in [0.29, 0.717) is 22.7 Å². The van der Waals surface area contributed by atoms with Gasteiger partial charge in [0.05, 0.1) is 17.2 Å². The van der Waals surface area contributed by atoms with E-state index in [1.807, 2.05) is 6.07 Å². The zero-order chi connectivity index (χ0) is 17.1. The maximum Gasteiger partial charge on any atom is 0.270 e. The lowest BCUT2D eigenvalue weighted by atomic mass is 10.2. The molecule has 1 aliphatic rings. The molecule has 1 aliphatic heterocycles. The molecule has 1 atom stereocenters. The highest BCUT2D eigenvalue weighted by atomic mass is 79.9. The summed E-state index contributed by atoms with van der Waals surface area (Å²) in [4.78, 5) is 26.1. The number of hydrogen-bond acceptors (Lipinski definition) is 5. The van der Waals surface area contributed by atoms with Crippen LogP contribution >= 0.6 is 27.3 Å². The number of likely N-dealkylation sites (tertiary alicyclic amines) is 1. The quantitative estimate of drug-likeness (QED) is 0.592. The van der Waals surface area contributed by atoms with Crippen LogP contribution in [0.3, 0.4) is 0 Å². The summed E-state index contributed by atoms with van der Waals surface area (Å²) in [6.07, 6.45) is 2.14. The van der Waals surface area contributed by atoms with E-state index in [-0.39, 0.29) is 11.6 Å². The minimum absolute atomic E-state index is 0.0165. The fourth-order valence-corrected chi connectivity index (χ4v) is 4.27. The van der Waals surface area contributed by atoms with Gasteiger partial charge in [0.2, 0.25) is 5.91 Å². The van der Waals surface area contributed by atoms with Crippen molar-refractivity contribution in [2.45, 2.75) is 18.9 Å². The lowest BCUT2D eigenvalue weighted by molar-refractivity contribution is -0.384. The highest BCUT2D eigenvalue weighted by molar-refractivity contribution is 9.10. The molecule has 0 saturated carbocycles. The minimum atomic E-state index is -0.466. The van der Waals surface area contributed by atoms with Crippen molar-refractivity contribution < 1.29 is 9.72 Å². The van der Waals surface area contributed by atoms with Crippen molar-refractivity contribution in [1.82, 2.24) is 4.90 Å². The van der Waals surface area contributed by atoms with Crippen LogP contribution in [-0.2, 0) is 4.79 Å². The van der Waals surface area contributed by atoms with Crippen LogP contribution in [0.1, 0.15) is 23.8 Å². The summed E-state index contributed by atoms with van der Waals surface area (Å²) >= 11 is 4.99. The molecule has 3 rings (SSSR count). The summed E-state index contributed by atoms with van der Waals surface area (Å²) in [5.74, 6) is -0.118. The van der Waals surface area contributed by atoms with Gasteiger partial charge in [-0.15, -0.1) is 11.3 Å². The van der Waals surface area contributed by atoms with E-state index in [4.69, 9.17) is 0 Å². The number of halogens is 1. The number of nitrogens with zero attached hydrogens (tertiary/aromatic N) is 2. The molecule has 0 bridgehead atoms. The normalized spacial score (nSPS) is 17.8. The first-order valence-electron chi connectivity index (χ1n) is 7.56. The molecule has 1 saturated heterocycles. The van der Waals surface area contributed by atoms with E-state index >= 15 is 0 Å². The second kappa shape index (κ2) is 7.42. The average molecular weight is 410 g/mol. The Labute approximate surface area is 151 Å². The minimum Gasteiger partial charge on any atom is -0.324 e. The predicted octanol–water partition coefficient (Wildman–Crippen LogP) is 4.19. The van der Waals surface area contributed by atoms with Crippen molar-refractivity contribution in [3.63, 3.8) is 0 Å². The zero-order valence-corrected chi connectivity index (χ0v) is 15.2. The number of nitro groups is 1. The maximum atomic E-state index is 12.4. The standard InChI is InChI=1S/C16H16BrN3O3S/c17-12-9-11(20(22)23)5-6-13(12)18-16(21)10-19-7-1-3-14(19)15-4-2-8-24-15/h2,4-6,8-9,14H,1,3,7,10H2,(H,18,21). The number of thiophene rings is 1. The van der Waals surface area contributed by atoms with E-state index in [1.165, 1.54) is 17.0 Å². The van der Waals surface area contributed by atoms with E-state index in [2.05, 4.69) is 37.6 Å². The van der Waals surface area contributed by atoms with Crippen LogP contribution in [0.4, 0.5) is 11.4 Å². The first-order valence-corrected chi connectivity index (χ1v) is 9.23. The highest BCUT2D eigenvalue weighted by Gasteiger charge is 2.28. The molecule has 2 heterocycles. The summed E-state index contributed by atoms with van der Waals surface area (Å²) in [5, 5.41) is 15.6. The molecule has 6 nitrogen and oxygen atoms in total. The van der Waals surface area contributed by atoms with Gasteiger partial charge in [0.1, 0.15) is 0 Å². The van der Waals surface area contributed by atoms with Gasteiger partial charge in [0, 0.05) is 27.5 Å². The molecule has 126 valence electrons. The number of carbonyl (C=O) groups excluding carboxylic acids is 1. The Morgan fingerprint density at radius 1 is 1.46 bits per heavy atom. The third-order valence-corrected chi connectivity index (χ3v) is 5.65. The van der Waals surface area contributed by atoms with Gasteiger partial charge < -0.3 is 5.32 Å². The van der Waals surface area contributed by atoms with Crippen molar-refractivity contribution in [3.8, 4) is 0 Å². The van der Waals surface area contributed by atoms with E-state index in [1.54, 1.807) is 17.4 Å². The monoisotopic (exact) mass is 409 g/mol. The van der Waals surface area contributed by atoms with Gasteiger partial charge in [-0.1, -0.05) is 6.07 Å². The van der Waals surface area contributed by atoms with Gasteiger partial charge in [-0.05, 0) is 52.8 Å². The zero-order valence-electron chi connectivity index (χ0n) is 12.8. The third-order valence-electron chi connectivity index (χ3n) is 4.02. The molecule has 1 N–H and O–H groups in total. The summed E-state index contributed by atoms with van der Waals surface area (Å²) < 4.78 is 0.501. The highest BCUT2D eigenvalue weighted by Crippen LogP contribution is 2.34. The molecule has 2 aromatic rings. The van der Waals surface area contributed by atoms with E-state index in [9.17, 15) is 14.9 Å². The number of anilines is 1. The summed E-state index contributed by atoms with van der Waals surface area (Å²) in [6.45, 7) is 1.21. The molecule has 0 radical (unpaired) electrons. The van der Waals surface area contributed by atoms with Gasteiger partial charge in [-0.25, -0.2) is 0 Å². The number of carbonyl (C=O) groups is 1. The Kier molecular flexibility index (Phi) is 5.27. The maximum absolute atomic E-state index is 12.4. The fraction of sp³-hybridized carbons (Fsp3) is 0.312. The SMILES string of the molecule is O=C(CN1CCCC1c1cccs1)Nc1ccc([N+](=O)[O-])cc1Br. The van der Waals surface area contributed by atoms with Gasteiger partial charge in [-0.2, -0.15) is 0 Å². The predicted molar refractivity (Wildman–Crippen MR) is 97.3 cm³/mol. The number of amides is 1. The van der Waals surface area contributed by atoms with Crippen molar-refractivity contribution in [2.24, 2.45) is 0 Å². The Hall–Kier alpha value is -1.77. The Bertz CT molecular complexity index is 751. The van der Waals surface area contributed by atoms with Crippen molar-refractivity contribution in [3.05, 3.63) is 55.2 Å². The number of non-ortho nitro benzene ring substituents is 1. The average Bonchev–Trinajstić information content (AvgIpc) is 3.19. The van der Waals surface area contributed by atoms with Crippen molar-refractivity contribution in [1.29, 1.82) is 0 Å². The Morgan fingerprint density at radius 3 is 2.96 bits per heavy atom. The van der Waals surface area contributed by atoms with Gasteiger partial charge in [0.25, 0.3) is 5.69 Å². The van der Waals surface area contributed by atoms with Crippen LogP contribution in [-0.4, -0.2) is 28.8 Å². The fourth-order valence-electron chi connectivity index (χ4n) is 2.91. The number of hydrogen-bond donors (Lipinski definition) is 1. The van der Waals surface area contributed by atoms with Gasteiger partial charge in [0.15, 0.2) is 0 Å². The molecular weight excluding hydrogens is 394 g/mol. The third kappa shape index (κ3) is 3.82. The van der Waals surface area contributed by atoms with Crippen LogP contribution in [0.15, 0.2) is 40.2 Å². The molecule has 24 heavy (non-hydrogen) atoms. The van der Waals surface area contributed by atoms with Crippen LogP contribution in [0.2, 0.25) is 0 Å². The van der Waals surface area contributed by atoms with Crippen LogP contribution in [0.5, 0.6) is 0 Å². The molecule has 8 heteroatoms. The second-order valence-electron chi connectivity index (χ2n) is 5.61. The van der Waals surface area contributed by atoms with Crippen molar-refractivity contribution >= 4 is 44.5 Å². The second-order valence-corrected chi connectivity index (χ2v) is 7.45. The topological polar surface area (TPSA) is 75.5 Å². The molecule has 1 unspecified atom stereocenters. The molecule has 1 aromatic carbocycles. The lowest BCUT2D eigenvalue weighted by Gasteiger charge is -2.23. The van der Waals surface area contributed by atoms with Crippen molar-refractivity contribution in [2.75, 3.05) is 18.4 Å². The Morgan fingerprint density at radius 2 is 2.29 bits per heavy atom. The molecule has 1 aromatic heterocycles. The molecule has 1 fully saturated rings. The lowest BCUT2D eigenvalue weighted by Crippen LogP contribution is -2.32. The van der Waals surface area contributed by atoms with Gasteiger partial charge in [-0.3, -0.25) is 19.8 Å². The molecule has 0 aliphatic carbocycles. The first kappa shape index (κ1) is 17.1. The largest absolute Gasteiger partial charge is 0.324 e. The number of benzene rings is 1. The number of rotatable bonds is 5. The number of nitro benzene ring substituents is 1. The van der Waals surface area contributed by atoms with Crippen LogP contribution < -0.4 is 5.32 Å². The smallest absolute Gasteiger partial charge is 0.270 e. The van der Waals surface area contributed by atoms with E-state index < -0.39 is 4.92 Å². The summed E-state index contributed by atoms with van der Waals surface area (Å²) in [5.41, 5.74) is 0.523. The van der Waals surface area contributed by atoms with E-state index in [0.717, 1.165) is 19.4 Å². The number of nitrogens with one attached hydrogen (secondary N) is 1. The summed E-state index contributed by atoms with van der Waals surface area (Å²) in [6, 6.07) is 8.75. The molecular formula is C16H16BrN3O3S. The van der Waals surface area contributed by atoms with Gasteiger partial charge >= 0.3 is 0 Å². The van der Waals surface area contributed by atoms with Crippen LogP contribution in [0.25, 0.3) is 0 Å². The summed E-state index contributed by atoms with van der Waals surface area (Å²) in [7, 11) is 0. The molecule has 0 spiro atoms.